The quantitative estimate of drug-likeness (QED) is 0.797. The van der Waals surface area contributed by atoms with Crippen LogP contribution in [0.2, 0.25) is 0 Å². The predicted octanol–water partition coefficient (Wildman–Crippen LogP) is 2.15. The Morgan fingerprint density at radius 2 is 1.82 bits per heavy atom. The van der Waals surface area contributed by atoms with Gasteiger partial charge in [0.1, 0.15) is 6.17 Å². The molecule has 2 aromatic carbocycles. The van der Waals surface area contributed by atoms with E-state index in [-0.39, 0.29) is 18.1 Å². The minimum absolute atomic E-state index is 0.0702. The van der Waals surface area contributed by atoms with Crippen molar-refractivity contribution in [2.24, 2.45) is 0 Å². The Labute approximate surface area is 166 Å². The average molecular weight is 380 g/mol. The third kappa shape index (κ3) is 3.70. The zero-order chi connectivity index (χ0) is 19.7. The van der Waals surface area contributed by atoms with Crippen LogP contribution in [0.15, 0.2) is 48.5 Å². The smallest absolute Gasteiger partial charge is 0.255 e. The maximum Gasteiger partial charge on any atom is 0.255 e. The number of likely N-dealkylation sites (N-methyl/N-ethyl adjacent to an activating group) is 1. The Kier molecular flexibility index (Phi) is 5.24. The highest BCUT2D eigenvalue weighted by atomic mass is 16.2. The third-order valence-electron chi connectivity index (χ3n) is 5.80. The number of carbonyl (C=O) groups is 1. The minimum Gasteiger partial charge on any atom is -0.399 e. The largest absolute Gasteiger partial charge is 0.399 e. The van der Waals surface area contributed by atoms with Gasteiger partial charge in [-0.15, -0.1) is 0 Å². The van der Waals surface area contributed by atoms with Crippen LogP contribution in [-0.4, -0.2) is 61.5 Å². The summed E-state index contributed by atoms with van der Waals surface area (Å²) in [4.78, 5) is 20.0. The molecule has 0 radical (unpaired) electrons. The molecule has 2 aliphatic heterocycles. The van der Waals surface area contributed by atoms with Crippen molar-refractivity contribution >= 4 is 17.3 Å². The monoisotopic (exact) mass is 379 g/mol. The lowest BCUT2D eigenvalue weighted by Gasteiger charge is -2.45. The van der Waals surface area contributed by atoms with E-state index >= 15 is 0 Å². The van der Waals surface area contributed by atoms with Gasteiger partial charge in [-0.2, -0.15) is 0 Å². The first-order valence-electron chi connectivity index (χ1n) is 9.97. The van der Waals surface area contributed by atoms with Crippen molar-refractivity contribution in [2.75, 3.05) is 50.4 Å². The lowest BCUT2D eigenvalue weighted by Crippen LogP contribution is -2.55. The summed E-state index contributed by atoms with van der Waals surface area (Å²) < 4.78 is 0. The summed E-state index contributed by atoms with van der Waals surface area (Å²) in [6.45, 7) is 7.54. The first-order chi connectivity index (χ1) is 13.5. The van der Waals surface area contributed by atoms with Crippen molar-refractivity contribution in [2.45, 2.75) is 19.1 Å². The third-order valence-corrected chi connectivity index (χ3v) is 5.80. The van der Waals surface area contributed by atoms with Gasteiger partial charge in [0.2, 0.25) is 0 Å². The number of piperazine rings is 1. The molecular formula is C22H29N5O. The van der Waals surface area contributed by atoms with E-state index < -0.39 is 0 Å². The van der Waals surface area contributed by atoms with Gasteiger partial charge in [0.25, 0.3) is 5.91 Å². The van der Waals surface area contributed by atoms with Crippen LogP contribution in [0.1, 0.15) is 29.0 Å². The molecule has 2 heterocycles. The first-order valence-corrected chi connectivity index (χ1v) is 9.97. The van der Waals surface area contributed by atoms with Gasteiger partial charge < -0.3 is 20.9 Å². The molecule has 2 aromatic rings. The van der Waals surface area contributed by atoms with Crippen molar-refractivity contribution in [3.05, 3.63) is 59.7 Å². The van der Waals surface area contributed by atoms with E-state index in [1.165, 1.54) is 0 Å². The topological polar surface area (TPSA) is 64.8 Å². The van der Waals surface area contributed by atoms with Crippen LogP contribution < -0.4 is 16.0 Å². The molecular weight excluding hydrogens is 350 g/mol. The van der Waals surface area contributed by atoms with Crippen LogP contribution in [0.5, 0.6) is 0 Å². The summed E-state index contributed by atoms with van der Waals surface area (Å²) >= 11 is 0. The Bertz CT molecular complexity index is 832. The number of anilines is 2. The van der Waals surface area contributed by atoms with E-state index in [9.17, 15) is 4.79 Å². The molecule has 0 aromatic heterocycles. The Hall–Kier alpha value is -2.57. The molecule has 6 nitrogen and oxygen atoms in total. The second-order valence-electron chi connectivity index (χ2n) is 7.92. The van der Waals surface area contributed by atoms with Crippen molar-refractivity contribution in [1.82, 2.24) is 15.1 Å². The molecule has 0 bridgehead atoms. The Morgan fingerprint density at radius 3 is 2.54 bits per heavy atom. The summed E-state index contributed by atoms with van der Waals surface area (Å²) in [5.41, 5.74) is 9.26. The number of nitrogens with two attached hydrogens (primary N) is 1. The van der Waals surface area contributed by atoms with Crippen molar-refractivity contribution in [3.8, 4) is 0 Å². The second kappa shape index (κ2) is 7.81. The molecule has 2 aliphatic rings. The van der Waals surface area contributed by atoms with Gasteiger partial charge in [0.05, 0.1) is 11.3 Å². The minimum atomic E-state index is -0.188. The standard InChI is InChI=1S/C22H29N5O/c1-16(15-26-12-10-25(2)11-13-26)27-20-9-8-18(23)14-19(20)22(28)24-21(27)17-6-4-3-5-7-17/h3-9,14,16,21H,10-13,15,23H2,1-2H3,(H,24,28). The zero-order valence-corrected chi connectivity index (χ0v) is 16.6. The molecule has 0 aliphatic carbocycles. The van der Waals surface area contributed by atoms with Gasteiger partial charge in [-0.1, -0.05) is 30.3 Å². The number of rotatable bonds is 4. The second-order valence-corrected chi connectivity index (χ2v) is 7.92. The number of carbonyl (C=O) groups excluding carboxylic acids is 1. The molecule has 3 N–H and O–H groups in total. The summed E-state index contributed by atoms with van der Waals surface area (Å²) in [7, 11) is 2.17. The average Bonchev–Trinajstić information content (AvgIpc) is 2.70. The summed E-state index contributed by atoms with van der Waals surface area (Å²) in [6, 6.07) is 16.1. The van der Waals surface area contributed by atoms with Crippen LogP contribution in [0.4, 0.5) is 11.4 Å². The number of hydrogen-bond donors (Lipinski definition) is 2. The number of amides is 1. The lowest BCUT2D eigenvalue weighted by molar-refractivity contribution is 0.0919. The number of nitrogens with zero attached hydrogens (tertiary/aromatic N) is 3. The molecule has 2 unspecified atom stereocenters. The highest BCUT2D eigenvalue weighted by molar-refractivity contribution is 6.03. The number of hydrogen-bond acceptors (Lipinski definition) is 5. The van der Waals surface area contributed by atoms with Gasteiger partial charge in [0.15, 0.2) is 0 Å². The summed E-state index contributed by atoms with van der Waals surface area (Å²) in [6.07, 6.45) is -0.188. The number of nitrogens with one attached hydrogen (secondary N) is 1. The molecule has 1 fully saturated rings. The van der Waals surface area contributed by atoms with Crippen LogP contribution in [0.25, 0.3) is 0 Å². The molecule has 28 heavy (non-hydrogen) atoms. The fourth-order valence-corrected chi connectivity index (χ4v) is 4.23. The van der Waals surface area contributed by atoms with Crippen LogP contribution in [0, 0.1) is 0 Å². The van der Waals surface area contributed by atoms with Crippen LogP contribution in [0.3, 0.4) is 0 Å². The molecule has 2 atom stereocenters. The fourth-order valence-electron chi connectivity index (χ4n) is 4.23. The van der Waals surface area contributed by atoms with Gasteiger partial charge >= 0.3 is 0 Å². The van der Waals surface area contributed by atoms with Crippen molar-refractivity contribution in [1.29, 1.82) is 0 Å². The van der Waals surface area contributed by atoms with E-state index in [4.69, 9.17) is 5.73 Å². The Morgan fingerprint density at radius 1 is 1.11 bits per heavy atom. The maximum absolute atomic E-state index is 12.8. The van der Waals surface area contributed by atoms with Crippen LogP contribution >= 0.6 is 0 Å². The number of benzene rings is 2. The van der Waals surface area contributed by atoms with Gasteiger partial charge in [-0.25, -0.2) is 0 Å². The van der Waals surface area contributed by atoms with Gasteiger partial charge in [0, 0.05) is 44.5 Å². The summed E-state index contributed by atoms with van der Waals surface area (Å²) in [5.74, 6) is -0.0702. The first kappa shape index (κ1) is 18.8. The van der Waals surface area contributed by atoms with Crippen molar-refractivity contribution in [3.63, 3.8) is 0 Å². The fraction of sp³-hybridized carbons (Fsp3) is 0.409. The lowest BCUT2D eigenvalue weighted by atomic mass is 10.00. The predicted molar refractivity (Wildman–Crippen MR) is 113 cm³/mol. The number of nitrogen functional groups attached to an aromatic ring is 1. The van der Waals surface area contributed by atoms with E-state index in [0.29, 0.717) is 11.3 Å². The number of fused-ring (bicyclic) bond motifs is 1. The van der Waals surface area contributed by atoms with Crippen molar-refractivity contribution < 1.29 is 4.79 Å². The summed E-state index contributed by atoms with van der Waals surface area (Å²) in [5, 5.41) is 3.20. The maximum atomic E-state index is 12.8. The SMILES string of the molecule is CC(CN1CCN(C)CC1)N1c2ccc(N)cc2C(=O)NC1c1ccccc1. The molecule has 6 heteroatoms. The molecule has 0 spiro atoms. The van der Waals surface area contributed by atoms with E-state index in [0.717, 1.165) is 44.0 Å². The zero-order valence-electron chi connectivity index (χ0n) is 16.6. The normalized spacial score (nSPS) is 21.9. The van der Waals surface area contributed by atoms with Crippen LogP contribution in [-0.2, 0) is 0 Å². The molecule has 1 amide bonds. The molecule has 4 rings (SSSR count). The van der Waals surface area contributed by atoms with Gasteiger partial charge in [-0.3, -0.25) is 9.69 Å². The highest BCUT2D eigenvalue weighted by Gasteiger charge is 2.35. The molecule has 0 saturated carbocycles. The highest BCUT2D eigenvalue weighted by Crippen LogP contribution is 2.36. The van der Waals surface area contributed by atoms with Gasteiger partial charge in [-0.05, 0) is 37.7 Å². The molecule has 1 saturated heterocycles. The Balaban J connectivity index is 1.67. The van der Waals surface area contributed by atoms with E-state index in [1.54, 1.807) is 6.07 Å². The van der Waals surface area contributed by atoms with E-state index in [2.05, 4.69) is 46.1 Å². The molecule has 148 valence electrons. The van der Waals surface area contributed by atoms with E-state index in [1.807, 2.05) is 30.3 Å².